The van der Waals surface area contributed by atoms with E-state index in [-0.39, 0.29) is 5.78 Å². The number of carbonyl (C=O) groups is 1. The van der Waals surface area contributed by atoms with Gasteiger partial charge in [-0.1, -0.05) is 13.8 Å². The Morgan fingerprint density at radius 3 is 2.40 bits per heavy atom. The number of ketones is 1. The molecule has 0 amide bonds. The summed E-state index contributed by atoms with van der Waals surface area (Å²) in [6.45, 7) is 6.33. The Morgan fingerprint density at radius 1 is 1.30 bits per heavy atom. The molecule has 0 aliphatic heterocycles. The highest BCUT2D eigenvalue weighted by molar-refractivity contribution is 9.10. The zero-order valence-corrected chi connectivity index (χ0v) is 14.5. The molecule has 2 rings (SSSR count). The smallest absolute Gasteiger partial charge is 0.160 e. The van der Waals surface area contributed by atoms with Gasteiger partial charge in [0.1, 0.15) is 0 Å². The lowest BCUT2D eigenvalue weighted by Gasteiger charge is -2.39. The molecule has 0 saturated heterocycles. The summed E-state index contributed by atoms with van der Waals surface area (Å²) in [5.41, 5.74) is 2.44. The van der Waals surface area contributed by atoms with Crippen molar-refractivity contribution in [1.82, 2.24) is 0 Å². The van der Waals surface area contributed by atoms with Crippen LogP contribution in [0.2, 0.25) is 0 Å². The van der Waals surface area contributed by atoms with Crippen molar-refractivity contribution < 1.29 is 4.79 Å². The molecule has 1 aliphatic carbocycles. The highest BCUT2D eigenvalue weighted by atomic mass is 79.9. The molecule has 0 atom stereocenters. The second-order valence-electron chi connectivity index (χ2n) is 6.73. The van der Waals surface area contributed by atoms with Crippen LogP contribution in [0.4, 0.5) is 5.69 Å². The monoisotopic (exact) mass is 337 g/mol. The van der Waals surface area contributed by atoms with E-state index in [1.165, 1.54) is 31.4 Å². The largest absolute Gasteiger partial charge is 0.372 e. The van der Waals surface area contributed by atoms with Crippen molar-refractivity contribution >= 4 is 27.4 Å². The second-order valence-corrected chi connectivity index (χ2v) is 7.58. The van der Waals surface area contributed by atoms with Gasteiger partial charge in [0.25, 0.3) is 0 Å². The summed E-state index contributed by atoms with van der Waals surface area (Å²) >= 11 is 3.51. The van der Waals surface area contributed by atoms with Gasteiger partial charge in [-0.3, -0.25) is 4.79 Å². The highest BCUT2D eigenvalue weighted by Crippen LogP contribution is 2.38. The number of anilines is 1. The lowest BCUT2D eigenvalue weighted by molar-refractivity contribution is 0.101. The summed E-state index contributed by atoms with van der Waals surface area (Å²) < 4.78 is 0.894. The van der Waals surface area contributed by atoms with E-state index >= 15 is 0 Å². The van der Waals surface area contributed by atoms with Crippen LogP contribution in [0.1, 0.15) is 56.8 Å². The molecule has 1 aromatic rings. The quantitative estimate of drug-likeness (QED) is 0.718. The van der Waals surface area contributed by atoms with Crippen LogP contribution in [-0.4, -0.2) is 18.9 Å². The molecule has 110 valence electrons. The average Bonchev–Trinajstić information content (AvgIpc) is 2.37. The van der Waals surface area contributed by atoms with E-state index < -0.39 is 0 Å². The number of Topliss-reactive ketones (excluding diaryl/α,β-unsaturated/α-hetero) is 1. The van der Waals surface area contributed by atoms with Crippen molar-refractivity contribution in [3.63, 3.8) is 0 Å². The molecule has 0 N–H and O–H groups in total. The first kappa shape index (κ1) is 15.6. The van der Waals surface area contributed by atoms with Gasteiger partial charge in [0.15, 0.2) is 5.78 Å². The normalized spacial score (nSPS) is 18.9. The number of carbonyl (C=O) groups excluding carboxylic acids is 1. The van der Waals surface area contributed by atoms with E-state index in [9.17, 15) is 4.79 Å². The van der Waals surface area contributed by atoms with Gasteiger partial charge in [0.2, 0.25) is 0 Å². The van der Waals surface area contributed by atoms with Crippen molar-refractivity contribution in [2.45, 2.75) is 52.5 Å². The standard InChI is InChI=1S/C17H24BrNO/c1-12(20)15-6-5-14(11-16(15)18)19(4)13-7-9-17(2,3)10-8-13/h5-6,11,13H,7-10H2,1-4H3. The van der Waals surface area contributed by atoms with Gasteiger partial charge < -0.3 is 4.90 Å². The molecule has 1 saturated carbocycles. The lowest BCUT2D eigenvalue weighted by atomic mass is 9.75. The minimum absolute atomic E-state index is 0.102. The van der Waals surface area contributed by atoms with E-state index in [2.05, 4.69) is 53.9 Å². The molecule has 0 unspecified atom stereocenters. The zero-order valence-electron chi connectivity index (χ0n) is 12.9. The van der Waals surface area contributed by atoms with Crippen molar-refractivity contribution in [2.24, 2.45) is 5.41 Å². The number of rotatable bonds is 3. The van der Waals surface area contributed by atoms with Gasteiger partial charge in [0.05, 0.1) is 0 Å². The van der Waals surface area contributed by atoms with Crippen molar-refractivity contribution in [3.8, 4) is 0 Å². The first-order chi connectivity index (χ1) is 9.30. The van der Waals surface area contributed by atoms with Gasteiger partial charge in [-0.15, -0.1) is 0 Å². The van der Waals surface area contributed by atoms with E-state index in [0.29, 0.717) is 11.5 Å². The fourth-order valence-corrected chi connectivity index (χ4v) is 3.64. The van der Waals surface area contributed by atoms with Crippen LogP contribution in [0.25, 0.3) is 0 Å². The third kappa shape index (κ3) is 3.43. The van der Waals surface area contributed by atoms with Crippen molar-refractivity contribution in [2.75, 3.05) is 11.9 Å². The molecule has 0 heterocycles. The molecular formula is C17H24BrNO. The third-order valence-electron chi connectivity index (χ3n) is 4.60. The van der Waals surface area contributed by atoms with Gasteiger partial charge in [-0.25, -0.2) is 0 Å². The topological polar surface area (TPSA) is 20.3 Å². The van der Waals surface area contributed by atoms with Crippen molar-refractivity contribution in [1.29, 1.82) is 0 Å². The molecule has 1 aliphatic rings. The minimum atomic E-state index is 0.102. The molecule has 3 heteroatoms. The van der Waals surface area contributed by atoms with Crippen LogP contribution in [0, 0.1) is 5.41 Å². The molecule has 20 heavy (non-hydrogen) atoms. The average molecular weight is 338 g/mol. The Hall–Kier alpha value is -0.830. The Balaban J connectivity index is 2.12. The van der Waals surface area contributed by atoms with E-state index in [1.807, 2.05) is 6.07 Å². The fourth-order valence-electron chi connectivity index (χ4n) is 2.99. The summed E-state index contributed by atoms with van der Waals surface area (Å²) in [6.07, 6.45) is 5.06. The summed E-state index contributed by atoms with van der Waals surface area (Å²) in [4.78, 5) is 13.8. The maximum absolute atomic E-state index is 11.5. The predicted molar refractivity (Wildman–Crippen MR) is 88.6 cm³/mol. The maximum atomic E-state index is 11.5. The number of hydrogen-bond donors (Lipinski definition) is 0. The summed E-state index contributed by atoms with van der Waals surface area (Å²) in [6, 6.07) is 6.65. The summed E-state index contributed by atoms with van der Waals surface area (Å²) in [5.74, 6) is 0.102. The first-order valence-electron chi connectivity index (χ1n) is 7.33. The molecule has 0 bridgehead atoms. The number of hydrogen-bond acceptors (Lipinski definition) is 2. The molecule has 0 aromatic heterocycles. The third-order valence-corrected chi connectivity index (χ3v) is 5.25. The maximum Gasteiger partial charge on any atom is 0.160 e. The molecule has 0 radical (unpaired) electrons. The minimum Gasteiger partial charge on any atom is -0.372 e. The van der Waals surface area contributed by atoms with Crippen LogP contribution in [-0.2, 0) is 0 Å². The number of nitrogens with zero attached hydrogens (tertiary/aromatic N) is 1. The summed E-state index contributed by atoms with van der Waals surface area (Å²) in [5, 5.41) is 0. The highest BCUT2D eigenvalue weighted by Gasteiger charge is 2.29. The molecule has 2 nitrogen and oxygen atoms in total. The zero-order chi connectivity index (χ0) is 14.9. The SMILES string of the molecule is CC(=O)c1ccc(N(C)C2CCC(C)(C)CC2)cc1Br. The molecule has 1 aromatic carbocycles. The van der Waals surface area contributed by atoms with Crippen LogP contribution < -0.4 is 4.90 Å². The van der Waals surface area contributed by atoms with E-state index in [0.717, 1.165) is 10.0 Å². The number of halogens is 1. The fraction of sp³-hybridized carbons (Fsp3) is 0.588. The van der Waals surface area contributed by atoms with E-state index in [4.69, 9.17) is 0 Å². The van der Waals surface area contributed by atoms with Crippen LogP contribution in [0.3, 0.4) is 0 Å². The first-order valence-corrected chi connectivity index (χ1v) is 8.13. The summed E-state index contributed by atoms with van der Waals surface area (Å²) in [7, 11) is 2.16. The Labute approximate surface area is 130 Å². The van der Waals surface area contributed by atoms with E-state index in [1.54, 1.807) is 6.92 Å². The van der Waals surface area contributed by atoms with Crippen LogP contribution >= 0.6 is 15.9 Å². The van der Waals surface area contributed by atoms with Crippen LogP contribution in [0.5, 0.6) is 0 Å². The lowest BCUT2D eigenvalue weighted by Crippen LogP contribution is -2.37. The Bertz CT molecular complexity index is 500. The predicted octanol–water partition coefficient (Wildman–Crippen LogP) is 5.06. The van der Waals surface area contributed by atoms with Gasteiger partial charge in [-0.05, 0) is 72.2 Å². The van der Waals surface area contributed by atoms with Gasteiger partial charge >= 0.3 is 0 Å². The van der Waals surface area contributed by atoms with Crippen LogP contribution in [0.15, 0.2) is 22.7 Å². The number of benzene rings is 1. The van der Waals surface area contributed by atoms with Gasteiger partial charge in [0, 0.05) is 28.8 Å². The van der Waals surface area contributed by atoms with Gasteiger partial charge in [-0.2, -0.15) is 0 Å². The second kappa shape index (κ2) is 5.88. The molecule has 0 spiro atoms. The Morgan fingerprint density at radius 2 is 1.90 bits per heavy atom. The molecular weight excluding hydrogens is 314 g/mol. The molecule has 1 fully saturated rings. The van der Waals surface area contributed by atoms with Crippen molar-refractivity contribution in [3.05, 3.63) is 28.2 Å². The Kier molecular flexibility index (Phi) is 4.58.